The summed E-state index contributed by atoms with van der Waals surface area (Å²) in [7, 11) is 1.56. The minimum Gasteiger partial charge on any atom is -0.497 e. The van der Waals surface area contributed by atoms with Gasteiger partial charge in [0.2, 0.25) is 5.91 Å². The molecule has 1 saturated carbocycles. The number of ether oxygens (including phenoxy) is 4. The summed E-state index contributed by atoms with van der Waals surface area (Å²) >= 11 is 6.50. The molecule has 1 aliphatic carbocycles. The molecule has 1 saturated heterocycles. The van der Waals surface area contributed by atoms with Crippen LogP contribution in [0.5, 0.6) is 11.6 Å². The number of rotatable bonds is 11. The molecule has 2 aromatic rings. The number of hydrogen-bond donors (Lipinski definition) is 1. The highest BCUT2D eigenvalue weighted by molar-refractivity contribution is 6.31. The lowest BCUT2D eigenvalue weighted by molar-refractivity contribution is -0.165. The van der Waals surface area contributed by atoms with E-state index < -0.39 is 58.7 Å². The van der Waals surface area contributed by atoms with Crippen LogP contribution in [0.15, 0.2) is 18.2 Å². The molecule has 6 atom stereocenters. The van der Waals surface area contributed by atoms with Gasteiger partial charge in [0.05, 0.1) is 24.7 Å². The van der Waals surface area contributed by atoms with Crippen LogP contribution in [-0.4, -0.2) is 75.9 Å². The lowest BCUT2D eigenvalue weighted by Crippen LogP contribution is -2.58. The van der Waals surface area contributed by atoms with E-state index in [1.807, 2.05) is 34.6 Å². The molecule has 0 bridgehead atoms. The Labute approximate surface area is 283 Å². The predicted octanol–water partition coefficient (Wildman–Crippen LogP) is 6.73. The minimum absolute atomic E-state index is 0.0271. The molecular formula is C35H51ClN4O7. The van der Waals surface area contributed by atoms with Crippen molar-refractivity contribution in [1.82, 2.24) is 20.2 Å². The number of likely N-dealkylation sites (tertiary alicyclic amines) is 1. The molecule has 1 N–H and O–H groups in total. The Morgan fingerprint density at radius 1 is 1.11 bits per heavy atom. The van der Waals surface area contributed by atoms with E-state index in [9.17, 15) is 14.4 Å². The maximum Gasteiger partial charge on any atom is 0.408 e. The second-order valence-electron chi connectivity index (χ2n) is 15.0. The second kappa shape index (κ2) is 14.0. The quantitative estimate of drug-likeness (QED) is 0.258. The Morgan fingerprint density at radius 2 is 1.81 bits per heavy atom. The summed E-state index contributed by atoms with van der Waals surface area (Å²) < 4.78 is 23.4. The zero-order valence-electron chi connectivity index (χ0n) is 29.4. The number of aromatic nitrogens is 2. The van der Waals surface area contributed by atoms with Crippen molar-refractivity contribution in [1.29, 1.82) is 0 Å². The SMILES string of the molecule is CCCCC1CC1(CC)OC(=O)N[C@H](C(=O)N1C[C@H](Oc2nc3cc(OC)ccc3nc2Cl)[C@@H](C)[C@H]1C(=O)OC(C)(C)C)C(C)(C)C. The number of carbonyl (C=O) groups is 3. The van der Waals surface area contributed by atoms with Gasteiger partial charge in [-0.2, -0.15) is 0 Å². The van der Waals surface area contributed by atoms with E-state index in [2.05, 4.69) is 22.2 Å². The summed E-state index contributed by atoms with van der Waals surface area (Å²) in [6.45, 7) is 16.9. The van der Waals surface area contributed by atoms with Gasteiger partial charge in [-0.25, -0.2) is 19.6 Å². The molecule has 4 rings (SSSR count). The van der Waals surface area contributed by atoms with Crippen molar-refractivity contribution in [2.24, 2.45) is 17.3 Å². The molecule has 12 heteroatoms. The second-order valence-corrected chi connectivity index (χ2v) is 15.3. The first-order valence-corrected chi connectivity index (χ1v) is 17.0. The summed E-state index contributed by atoms with van der Waals surface area (Å²) in [6, 6.07) is 3.23. The summed E-state index contributed by atoms with van der Waals surface area (Å²) in [5, 5.41) is 2.92. The number of hydrogen-bond acceptors (Lipinski definition) is 9. The first kappa shape index (κ1) is 36.5. The number of nitrogens with zero attached hydrogens (tertiary/aromatic N) is 3. The summed E-state index contributed by atoms with van der Waals surface area (Å²) in [4.78, 5) is 51.9. The van der Waals surface area contributed by atoms with Gasteiger partial charge in [-0.1, -0.05) is 66.0 Å². The van der Waals surface area contributed by atoms with Crippen molar-refractivity contribution in [3.8, 4) is 11.6 Å². The van der Waals surface area contributed by atoms with Gasteiger partial charge in [0.1, 0.15) is 35.1 Å². The Balaban J connectivity index is 1.61. The fourth-order valence-electron chi connectivity index (χ4n) is 6.33. The van der Waals surface area contributed by atoms with Crippen molar-refractivity contribution in [3.63, 3.8) is 0 Å². The van der Waals surface area contributed by atoms with E-state index in [4.69, 9.17) is 30.5 Å². The standard InChI is InChI=1S/C35H51ClN4O7/c1-11-13-14-21-18-35(21,12-2)47-32(43)39-27(33(4,5)6)30(41)40-19-25(20(3)26(40)31(42)46-34(7,8)9)45-29-28(36)37-23-16-15-22(44-10)17-24(23)38-29/h15-17,20-21,25-27H,11-14,18-19H2,1-10H3,(H,39,43)/t20-,21?,25+,26+,27-,35?/m1/s1. The van der Waals surface area contributed by atoms with E-state index in [0.717, 1.165) is 25.7 Å². The molecule has 2 amide bonds. The van der Waals surface area contributed by atoms with Gasteiger partial charge < -0.3 is 29.2 Å². The lowest BCUT2D eigenvalue weighted by Gasteiger charge is -2.36. The molecule has 1 aromatic carbocycles. The van der Waals surface area contributed by atoms with Crippen molar-refractivity contribution in [2.45, 2.75) is 124 Å². The fourth-order valence-corrected chi connectivity index (χ4v) is 6.51. The van der Waals surface area contributed by atoms with Crippen LogP contribution in [0.4, 0.5) is 4.79 Å². The number of fused-ring (bicyclic) bond motifs is 1. The topological polar surface area (TPSA) is 129 Å². The molecule has 47 heavy (non-hydrogen) atoms. The highest BCUT2D eigenvalue weighted by atomic mass is 35.5. The number of methoxy groups -OCH3 is 1. The minimum atomic E-state index is -0.996. The van der Waals surface area contributed by atoms with Gasteiger partial charge in [-0.05, 0) is 57.6 Å². The molecule has 2 aliphatic rings. The van der Waals surface area contributed by atoms with Crippen LogP contribution in [0.1, 0.15) is 94.4 Å². The number of unbranched alkanes of at least 4 members (excludes halogenated alkanes) is 1. The monoisotopic (exact) mass is 674 g/mol. The maximum atomic E-state index is 14.4. The molecular weight excluding hydrogens is 624 g/mol. The van der Waals surface area contributed by atoms with Gasteiger partial charge in [0.25, 0.3) is 5.88 Å². The van der Waals surface area contributed by atoms with E-state index >= 15 is 0 Å². The number of halogens is 1. The smallest absolute Gasteiger partial charge is 0.408 e. The van der Waals surface area contributed by atoms with Gasteiger partial charge in [-0.15, -0.1) is 0 Å². The fraction of sp³-hybridized carbons (Fsp3) is 0.686. The van der Waals surface area contributed by atoms with E-state index in [1.54, 1.807) is 46.1 Å². The summed E-state index contributed by atoms with van der Waals surface area (Å²) in [5.41, 5.74) is -0.943. The first-order chi connectivity index (χ1) is 21.9. The third-order valence-electron chi connectivity index (χ3n) is 9.14. The average molecular weight is 675 g/mol. The van der Waals surface area contributed by atoms with Crippen molar-refractivity contribution < 1.29 is 33.3 Å². The number of nitrogens with one attached hydrogen (secondary N) is 1. The Kier molecular flexibility index (Phi) is 10.9. The van der Waals surface area contributed by atoms with Crippen LogP contribution >= 0.6 is 11.6 Å². The van der Waals surface area contributed by atoms with Crippen molar-refractivity contribution >= 4 is 40.6 Å². The van der Waals surface area contributed by atoms with Crippen LogP contribution in [0.2, 0.25) is 5.15 Å². The third kappa shape index (κ3) is 8.39. The normalized spacial score (nSPS) is 24.9. The van der Waals surface area contributed by atoms with E-state index in [0.29, 0.717) is 29.1 Å². The third-order valence-corrected chi connectivity index (χ3v) is 9.39. The summed E-state index contributed by atoms with van der Waals surface area (Å²) in [6.07, 6.45) is 3.36. The molecule has 0 spiro atoms. The zero-order valence-corrected chi connectivity index (χ0v) is 30.2. The van der Waals surface area contributed by atoms with Crippen LogP contribution in [0.3, 0.4) is 0 Å². The van der Waals surface area contributed by atoms with E-state index in [1.165, 1.54) is 4.90 Å². The average Bonchev–Trinajstić information content (AvgIpc) is 3.57. The van der Waals surface area contributed by atoms with Crippen LogP contribution in [0, 0.1) is 17.3 Å². The number of carbonyl (C=O) groups excluding carboxylic acids is 3. The predicted molar refractivity (Wildman–Crippen MR) is 180 cm³/mol. The highest BCUT2D eigenvalue weighted by Gasteiger charge is 2.56. The van der Waals surface area contributed by atoms with Gasteiger partial charge in [0.15, 0.2) is 5.15 Å². The lowest BCUT2D eigenvalue weighted by atomic mass is 9.85. The maximum absolute atomic E-state index is 14.4. The number of esters is 1. The Hall–Kier alpha value is -3.34. The Morgan fingerprint density at radius 3 is 2.40 bits per heavy atom. The molecule has 260 valence electrons. The number of amides is 2. The van der Waals surface area contributed by atoms with Crippen LogP contribution in [0.25, 0.3) is 11.0 Å². The Bertz CT molecular complexity index is 1470. The molecule has 1 aromatic heterocycles. The molecule has 11 nitrogen and oxygen atoms in total. The van der Waals surface area contributed by atoms with Gasteiger partial charge in [0, 0.05) is 17.9 Å². The largest absolute Gasteiger partial charge is 0.497 e. The zero-order chi connectivity index (χ0) is 34.9. The van der Waals surface area contributed by atoms with Gasteiger partial charge in [-0.3, -0.25) is 4.79 Å². The van der Waals surface area contributed by atoms with Crippen LogP contribution < -0.4 is 14.8 Å². The molecule has 0 radical (unpaired) electrons. The highest BCUT2D eigenvalue weighted by Crippen LogP contribution is 2.52. The van der Waals surface area contributed by atoms with Crippen molar-refractivity contribution in [3.05, 3.63) is 23.4 Å². The van der Waals surface area contributed by atoms with Crippen LogP contribution in [-0.2, 0) is 19.1 Å². The number of benzene rings is 1. The number of alkyl carbamates (subject to hydrolysis) is 1. The van der Waals surface area contributed by atoms with Gasteiger partial charge >= 0.3 is 12.1 Å². The summed E-state index contributed by atoms with van der Waals surface area (Å²) in [5.74, 6) is -0.536. The molecule has 2 fully saturated rings. The van der Waals surface area contributed by atoms with Crippen molar-refractivity contribution in [2.75, 3.05) is 13.7 Å². The molecule has 2 heterocycles. The molecule has 1 aliphatic heterocycles. The van der Waals surface area contributed by atoms with E-state index in [-0.39, 0.29) is 17.6 Å². The first-order valence-electron chi connectivity index (χ1n) is 16.6. The molecule has 2 unspecified atom stereocenters.